The van der Waals surface area contributed by atoms with Gasteiger partial charge in [-0.25, -0.2) is 0 Å². The fourth-order valence-corrected chi connectivity index (χ4v) is 2.16. The molecule has 0 aliphatic heterocycles. The highest BCUT2D eigenvalue weighted by Gasteiger charge is 1.92. The van der Waals surface area contributed by atoms with Crippen LogP contribution in [0.25, 0.3) is 0 Å². The molecule has 0 unspecified atom stereocenters. The molecule has 0 spiro atoms. The van der Waals surface area contributed by atoms with Gasteiger partial charge < -0.3 is 0 Å². The summed E-state index contributed by atoms with van der Waals surface area (Å²) in [7, 11) is 0. The first kappa shape index (κ1) is 16.4. The summed E-state index contributed by atoms with van der Waals surface area (Å²) in [6.07, 6.45) is 19.6. The molecular weight excluding hydrogens is 206 g/mol. The summed E-state index contributed by atoms with van der Waals surface area (Å²) in [5.41, 5.74) is 0. The molecule has 1 nitrogen and oxygen atoms in total. The van der Waals surface area contributed by atoms with E-state index in [4.69, 9.17) is 5.41 Å². The van der Waals surface area contributed by atoms with Crippen LogP contribution >= 0.6 is 0 Å². The Hall–Kier alpha value is -0.550. The van der Waals surface area contributed by atoms with E-state index in [2.05, 4.69) is 12.8 Å². The molecule has 0 saturated carbocycles. The van der Waals surface area contributed by atoms with Gasteiger partial charge >= 0.3 is 0 Å². The lowest BCUT2D eigenvalue weighted by atomic mass is 10.0. The van der Waals surface area contributed by atoms with Crippen molar-refractivity contribution >= 4 is 5.87 Å². The fourth-order valence-electron chi connectivity index (χ4n) is 2.16. The predicted octanol–water partition coefficient (Wildman–Crippen LogP) is 5.88. The van der Waals surface area contributed by atoms with Crippen LogP contribution in [0.3, 0.4) is 0 Å². The van der Waals surface area contributed by atoms with Crippen molar-refractivity contribution in [2.75, 3.05) is 0 Å². The molecule has 0 aromatic heterocycles. The third-order valence-corrected chi connectivity index (χ3v) is 3.30. The van der Waals surface area contributed by atoms with Crippen molar-refractivity contribution in [1.29, 1.82) is 5.41 Å². The minimum absolute atomic E-state index is 1.04. The molecule has 17 heavy (non-hydrogen) atoms. The van der Waals surface area contributed by atoms with Gasteiger partial charge in [0.25, 0.3) is 0 Å². The van der Waals surface area contributed by atoms with Gasteiger partial charge in [0.15, 0.2) is 0 Å². The third kappa shape index (κ3) is 15.4. The van der Waals surface area contributed by atoms with Crippen molar-refractivity contribution in [3.8, 4) is 0 Å². The summed E-state index contributed by atoms with van der Waals surface area (Å²) in [6.45, 7) is 2.28. The topological polar surface area (TPSA) is 23.9 Å². The minimum atomic E-state index is 1.04. The second-order valence-corrected chi connectivity index (χ2v) is 5.03. The molecule has 0 atom stereocenters. The molecule has 0 aliphatic carbocycles. The van der Waals surface area contributed by atoms with E-state index in [1.165, 1.54) is 77.0 Å². The Morgan fingerprint density at radius 2 is 1.12 bits per heavy atom. The quantitative estimate of drug-likeness (QED) is 0.305. The lowest BCUT2D eigenvalue weighted by molar-refractivity contribution is 0.545. The van der Waals surface area contributed by atoms with E-state index >= 15 is 0 Å². The summed E-state index contributed by atoms with van der Waals surface area (Å²) in [6, 6.07) is 0. The Kier molecular flexibility index (Phi) is 15.0. The van der Waals surface area contributed by atoms with E-state index in [1.807, 2.05) is 6.08 Å². The van der Waals surface area contributed by atoms with Gasteiger partial charge in [0.05, 0.1) is 0 Å². The van der Waals surface area contributed by atoms with Crippen LogP contribution < -0.4 is 0 Å². The highest BCUT2D eigenvalue weighted by Crippen LogP contribution is 2.12. The zero-order valence-corrected chi connectivity index (χ0v) is 11.8. The van der Waals surface area contributed by atoms with Crippen LogP contribution in [-0.4, -0.2) is 5.87 Å². The molecule has 0 aromatic carbocycles. The van der Waals surface area contributed by atoms with Gasteiger partial charge in [-0.3, -0.25) is 5.41 Å². The molecule has 100 valence electrons. The van der Waals surface area contributed by atoms with E-state index in [9.17, 15) is 0 Å². The molecule has 0 rings (SSSR count). The van der Waals surface area contributed by atoms with Crippen LogP contribution in [0.4, 0.5) is 0 Å². The van der Waals surface area contributed by atoms with Crippen LogP contribution in [0.1, 0.15) is 90.4 Å². The smallest absolute Gasteiger partial charge is 0.0234 e. The van der Waals surface area contributed by atoms with Gasteiger partial charge in [-0.05, 0) is 24.8 Å². The Morgan fingerprint density at radius 1 is 0.706 bits per heavy atom. The van der Waals surface area contributed by atoms with Gasteiger partial charge in [0.1, 0.15) is 0 Å². The molecule has 0 amide bonds. The van der Waals surface area contributed by atoms with Crippen LogP contribution in [0.2, 0.25) is 0 Å². The first-order valence-electron chi connectivity index (χ1n) is 7.65. The summed E-state index contributed by atoms with van der Waals surface area (Å²) in [5.74, 6) is 2.33. The number of unbranched alkanes of at least 4 members (excludes halogenated alkanes) is 12. The lowest BCUT2D eigenvalue weighted by Gasteiger charge is -2.01. The normalized spacial score (nSPS) is 10.2. The molecular formula is C16H31N. The Bertz CT molecular complexity index is 180. The first-order valence-corrected chi connectivity index (χ1v) is 7.65. The average Bonchev–Trinajstić information content (AvgIpc) is 2.35. The summed E-state index contributed by atoms with van der Waals surface area (Å²) in [4.78, 5) is 0. The molecule has 0 heterocycles. The second-order valence-electron chi connectivity index (χ2n) is 5.03. The Balaban J connectivity index is 2.91. The SMILES string of the molecule is CCCCCCCCCCCCCCC=C=N. The Labute approximate surface area is 108 Å². The summed E-state index contributed by atoms with van der Waals surface area (Å²) < 4.78 is 0. The maximum absolute atomic E-state index is 6.75. The molecule has 0 fully saturated rings. The van der Waals surface area contributed by atoms with Crippen molar-refractivity contribution in [1.82, 2.24) is 0 Å². The van der Waals surface area contributed by atoms with Crippen molar-refractivity contribution < 1.29 is 0 Å². The molecule has 1 heteroatoms. The Morgan fingerprint density at radius 3 is 1.53 bits per heavy atom. The molecule has 0 saturated heterocycles. The second kappa shape index (κ2) is 15.4. The fraction of sp³-hybridized carbons (Fsp3) is 0.875. The van der Waals surface area contributed by atoms with E-state index in [-0.39, 0.29) is 0 Å². The molecule has 1 N–H and O–H groups in total. The first-order chi connectivity index (χ1) is 8.41. The van der Waals surface area contributed by atoms with Gasteiger partial charge in [-0.1, -0.05) is 77.6 Å². The van der Waals surface area contributed by atoms with Crippen LogP contribution in [0.15, 0.2) is 6.08 Å². The monoisotopic (exact) mass is 237 g/mol. The number of hydrogen-bond donors (Lipinski definition) is 1. The molecule has 0 bridgehead atoms. The molecule has 0 aliphatic rings. The van der Waals surface area contributed by atoms with Gasteiger partial charge in [-0.15, -0.1) is 0 Å². The van der Waals surface area contributed by atoms with Crippen molar-refractivity contribution in [2.45, 2.75) is 90.4 Å². The summed E-state index contributed by atoms with van der Waals surface area (Å²) >= 11 is 0. The summed E-state index contributed by atoms with van der Waals surface area (Å²) in [5, 5.41) is 6.75. The van der Waals surface area contributed by atoms with E-state index in [1.54, 1.807) is 0 Å². The van der Waals surface area contributed by atoms with E-state index < -0.39 is 0 Å². The zero-order chi connectivity index (χ0) is 12.6. The predicted molar refractivity (Wildman–Crippen MR) is 78.0 cm³/mol. The van der Waals surface area contributed by atoms with E-state index in [0.29, 0.717) is 0 Å². The van der Waals surface area contributed by atoms with Crippen LogP contribution in [0.5, 0.6) is 0 Å². The van der Waals surface area contributed by atoms with Gasteiger partial charge in [0.2, 0.25) is 0 Å². The van der Waals surface area contributed by atoms with Crippen LogP contribution in [-0.2, 0) is 0 Å². The standard InChI is InChI=1S/C16H31N/c1-2-3-4-5-6-7-8-9-10-11-12-13-14-15-16-17/h15,17H,2-14H2,1H3. The van der Waals surface area contributed by atoms with E-state index in [0.717, 1.165) is 6.42 Å². The van der Waals surface area contributed by atoms with Crippen molar-refractivity contribution in [3.63, 3.8) is 0 Å². The zero-order valence-electron chi connectivity index (χ0n) is 11.8. The number of nitrogens with one attached hydrogen (secondary N) is 1. The maximum Gasteiger partial charge on any atom is -0.0234 e. The van der Waals surface area contributed by atoms with Crippen molar-refractivity contribution in [3.05, 3.63) is 6.08 Å². The third-order valence-electron chi connectivity index (χ3n) is 3.30. The molecule has 0 aromatic rings. The number of hydrogen-bond acceptors (Lipinski definition) is 1. The average molecular weight is 237 g/mol. The highest BCUT2D eigenvalue weighted by molar-refractivity contribution is 5.46. The maximum atomic E-state index is 6.75. The van der Waals surface area contributed by atoms with Gasteiger partial charge in [0, 0.05) is 0 Å². The van der Waals surface area contributed by atoms with Crippen molar-refractivity contribution in [2.24, 2.45) is 0 Å². The van der Waals surface area contributed by atoms with Gasteiger partial charge in [-0.2, -0.15) is 0 Å². The number of rotatable bonds is 13. The minimum Gasteiger partial charge on any atom is -0.259 e. The number of allylic oxidation sites excluding steroid dienone is 1. The van der Waals surface area contributed by atoms with Crippen LogP contribution in [0, 0.1) is 5.41 Å². The largest absolute Gasteiger partial charge is 0.259 e. The highest BCUT2D eigenvalue weighted by atomic mass is 14.3. The molecule has 0 radical (unpaired) electrons. The lowest BCUT2D eigenvalue weighted by Crippen LogP contribution is -1.82.